The van der Waals surface area contributed by atoms with E-state index in [1.165, 1.54) is 51.5 Å². The number of terminal acetylenes is 1. The Bertz CT molecular complexity index is 281. The zero-order valence-corrected chi connectivity index (χ0v) is 12.8. The molecule has 108 valence electrons. The van der Waals surface area contributed by atoms with Crippen molar-refractivity contribution in [2.24, 2.45) is 5.92 Å². The van der Waals surface area contributed by atoms with Crippen molar-refractivity contribution in [2.45, 2.75) is 57.0 Å². The highest BCUT2D eigenvalue weighted by Crippen LogP contribution is 2.30. The van der Waals surface area contributed by atoms with Crippen molar-refractivity contribution < 1.29 is 0 Å². The first-order chi connectivity index (χ1) is 9.42. The molecule has 2 N–H and O–H groups in total. The van der Waals surface area contributed by atoms with Gasteiger partial charge in [-0.25, -0.2) is 0 Å². The molecule has 2 aliphatic rings. The van der Waals surface area contributed by atoms with Crippen LogP contribution in [0.3, 0.4) is 0 Å². The lowest BCUT2D eigenvalue weighted by Crippen LogP contribution is -2.50. The van der Waals surface area contributed by atoms with E-state index in [1.54, 1.807) is 0 Å². The standard InChI is InChI=1S/C16H28N2S/c1-2-12-19-13-11-18-16-8-4-3-7-14(16)15-9-5-6-10-17-15/h1,14-18H,3-13H2. The van der Waals surface area contributed by atoms with Crippen molar-refractivity contribution in [2.75, 3.05) is 24.6 Å². The van der Waals surface area contributed by atoms with E-state index in [0.717, 1.165) is 36.1 Å². The van der Waals surface area contributed by atoms with Crippen molar-refractivity contribution in [3.05, 3.63) is 0 Å². The number of nitrogens with one attached hydrogen (secondary N) is 2. The van der Waals surface area contributed by atoms with Crippen molar-refractivity contribution >= 4 is 11.8 Å². The molecule has 1 heterocycles. The van der Waals surface area contributed by atoms with Gasteiger partial charge in [-0.3, -0.25) is 0 Å². The lowest BCUT2D eigenvalue weighted by atomic mass is 9.77. The maximum absolute atomic E-state index is 5.27. The number of thioether (sulfide) groups is 1. The number of rotatable bonds is 6. The summed E-state index contributed by atoms with van der Waals surface area (Å²) < 4.78 is 0. The molecule has 2 fully saturated rings. The van der Waals surface area contributed by atoms with E-state index in [0.29, 0.717) is 0 Å². The van der Waals surface area contributed by atoms with Crippen LogP contribution in [0.15, 0.2) is 0 Å². The van der Waals surface area contributed by atoms with E-state index in [4.69, 9.17) is 6.42 Å². The van der Waals surface area contributed by atoms with Crippen LogP contribution in [0.2, 0.25) is 0 Å². The predicted molar refractivity (Wildman–Crippen MR) is 85.5 cm³/mol. The monoisotopic (exact) mass is 280 g/mol. The summed E-state index contributed by atoms with van der Waals surface area (Å²) in [7, 11) is 0. The molecule has 1 saturated carbocycles. The predicted octanol–water partition coefficient (Wildman–Crippen LogP) is 2.64. The first-order valence-corrected chi connectivity index (χ1v) is 9.05. The fourth-order valence-corrected chi connectivity index (χ4v) is 4.11. The lowest BCUT2D eigenvalue weighted by Gasteiger charge is -2.40. The lowest BCUT2D eigenvalue weighted by molar-refractivity contribution is 0.184. The maximum atomic E-state index is 5.27. The summed E-state index contributed by atoms with van der Waals surface area (Å²) in [5.41, 5.74) is 0. The minimum Gasteiger partial charge on any atom is -0.314 e. The Morgan fingerprint density at radius 3 is 2.79 bits per heavy atom. The van der Waals surface area contributed by atoms with Crippen LogP contribution in [0.1, 0.15) is 44.9 Å². The molecule has 0 bridgehead atoms. The number of hydrogen-bond acceptors (Lipinski definition) is 3. The van der Waals surface area contributed by atoms with Gasteiger partial charge in [-0.1, -0.05) is 25.2 Å². The van der Waals surface area contributed by atoms with E-state index in [-0.39, 0.29) is 0 Å². The van der Waals surface area contributed by atoms with Crippen LogP contribution in [0.4, 0.5) is 0 Å². The van der Waals surface area contributed by atoms with Gasteiger partial charge >= 0.3 is 0 Å². The van der Waals surface area contributed by atoms with E-state index in [2.05, 4.69) is 16.6 Å². The quantitative estimate of drug-likeness (QED) is 0.578. The fourth-order valence-electron chi connectivity index (χ4n) is 3.59. The molecule has 0 aromatic carbocycles. The first kappa shape index (κ1) is 15.2. The third kappa shape index (κ3) is 5.02. The topological polar surface area (TPSA) is 24.1 Å². The van der Waals surface area contributed by atoms with Gasteiger partial charge in [0.2, 0.25) is 0 Å². The van der Waals surface area contributed by atoms with Gasteiger partial charge in [-0.05, 0) is 38.1 Å². The van der Waals surface area contributed by atoms with Crippen molar-refractivity contribution in [1.82, 2.24) is 10.6 Å². The molecule has 1 aliphatic carbocycles. The SMILES string of the molecule is C#CCSCCNC1CCCCC1C1CCCCN1. The molecule has 1 aliphatic heterocycles. The van der Waals surface area contributed by atoms with Crippen LogP contribution >= 0.6 is 11.8 Å². The normalized spacial score (nSPS) is 31.8. The van der Waals surface area contributed by atoms with E-state index in [1.807, 2.05) is 11.8 Å². The molecule has 3 unspecified atom stereocenters. The van der Waals surface area contributed by atoms with Gasteiger partial charge in [0.25, 0.3) is 0 Å². The summed E-state index contributed by atoms with van der Waals surface area (Å²) in [4.78, 5) is 0. The average Bonchev–Trinajstić information content (AvgIpc) is 2.48. The first-order valence-electron chi connectivity index (χ1n) is 7.90. The Labute approximate surface area is 122 Å². The molecule has 0 aromatic rings. The van der Waals surface area contributed by atoms with Gasteiger partial charge in [0.1, 0.15) is 0 Å². The summed E-state index contributed by atoms with van der Waals surface area (Å²) >= 11 is 1.86. The van der Waals surface area contributed by atoms with Gasteiger partial charge in [0, 0.05) is 24.4 Å². The van der Waals surface area contributed by atoms with Crippen LogP contribution in [0, 0.1) is 18.3 Å². The Kier molecular flexibility index (Phi) is 7.13. The highest BCUT2D eigenvalue weighted by atomic mass is 32.2. The number of hydrogen-bond donors (Lipinski definition) is 2. The second-order valence-corrected chi connectivity index (χ2v) is 6.93. The molecule has 3 heteroatoms. The molecule has 0 radical (unpaired) electrons. The minimum atomic E-state index is 0.732. The smallest absolute Gasteiger partial charge is 0.0545 e. The summed E-state index contributed by atoms with van der Waals surface area (Å²) in [6.07, 6.45) is 15.0. The van der Waals surface area contributed by atoms with Gasteiger partial charge < -0.3 is 10.6 Å². The number of piperidine rings is 1. The third-order valence-corrected chi connectivity index (χ3v) is 5.39. The summed E-state index contributed by atoms with van der Waals surface area (Å²) in [6.45, 7) is 2.34. The summed E-state index contributed by atoms with van der Waals surface area (Å²) in [5.74, 6) is 5.54. The Morgan fingerprint density at radius 1 is 1.16 bits per heavy atom. The Hall–Kier alpha value is -0.170. The molecule has 0 spiro atoms. The molecular weight excluding hydrogens is 252 g/mol. The largest absolute Gasteiger partial charge is 0.314 e. The Morgan fingerprint density at radius 2 is 2.00 bits per heavy atom. The van der Waals surface area contributed by atoms with E-state index in [9.17, 15) is 0 Å². The van der Waals surface area contributed by atoms with Crippen LogP contribution in [0.5, 0.6) is 0 Å². The molecule has 0 aromatic heterocycles. The molecular formula is C16H28N2S. The van der Waals surface area contributed by atoms with Crippen molar-refractivity contribution in [3.63, 3.8) is 0 Å². The van der Waals surface area contributed by atoms with Crippen LogP contribution in [0.25, 0.3) is 0 Å². The zero-order valence-electron chi connectivity index (χ0n) is 12.0. The van der Waals surface area contributed by atoms with Gasteiger partial charge in [-0.2, -0.15) is 0 Å². The van der Waals surface area contributed by atoms with Gasteiger partial charge in [-0.15, -0.1) is 18.2 Å². The molecule has 19 heavy (non-hydrogen) atoms. The Balaban J connectivity index is 1.73. The highest BCUT2D eigenvalue weighted by molar-refractivity contribution is 7.99. The highest BCUT2D eigenvalue weighted by Gasteiger charge is 2.31. The minimum absolute atomic E-state index is 0.732. The summed E-state index contributed by atoms with van der Waals surface area (Å²) in [6, 6.07) is 1.50. The second-order valence-electron chi connectivity index (χ2n) is 5.82. The van der Waals surface area contributed by atoms with Crippen molar-refractivity contribution in [1.29, 1.82) is 0 Å². The van der Waals surface area contributed by atoms with Gasteiger partial charge in [0.15, 0.2) is 0 Å². The molecule has 3 atom stereocenters. The molecule has 2 rings (SSSR count). The van der Waals surface area contributed by atoms with Crippen LogP contribution in [-0.4, -0.2) is 36.7 Å². The average molecular weight is 280 g/mol. The van der Waals surface area contributed by atoms with Crippen LogP contribution < -0.4 is 10.6 Å². The molecule has 0 amide bonds. The second kappa shape index (κ2) is 8.89. The van der Waals surface area contributed by atoms with Crippen molar-refractivity contribution in [3.8, 4) is 12.3 Å². The fraction of sp³-hybridized carbons (Fsp3) is 0.875. The maximum Gasteiger partial charge on any atom is 0.0545 e. The zero-order chi connectivity index (χ0) is 13.3. The molecule has 1 saturated heterocycles. The van der Waals surface area contributed by atoms with E-state index >= 15 is 0 Å². The van der Waals surface area contributed by atoms with Crippen LogP contribution in [-0.2, 0) is 0 Å². The third-order valence-electron chi connectivity index (χ3n) is 4.52. The van der Waals surface area contributed by atoms with E-state index < -0.39 is 0 Å². The molecule has 2 nitrogen and oxygen atoms in total. The summed E-state index contributed by atoms with van der Waals surface area (Å²) in [5, 5.41) is 7.56. The van der Waals surface area contributed by atoms with Gasteiger partial charge in [0.05, 0.1) is 5.75 Å².